The van der Waals surface area contributed by atoms with Gasteiger partial charge in [0, 0.05) is 19.6 Å². The fraction of sp³-hybridized carbons (Fsp3) is 0.900. The molecule has 88 valence electrons. The van der Waals surface area contributed by atoms with Crippen LogP contribution in [0.3, 0.4) is 0 Å². The van der Waals surface area contributed by atoms with Crippen LogP contribution in [0.15, 0.2) is 0 Å². The van der Waals surface area contributed by atoms with E-state index in [-0.39, 0.29) is 6.03 Å². The maximum atomic E-state index is 11.3. The Balaban J connectivity index is 2.10. The number of aliphatic hydroxyl groups is 1. The first-order valence-electron chi connectivity index (χ1n) is 5.61. The van der Waals surface area contributed by atoms with Crippen LogP contribution in [0.1, 0.15) is 26.2 Å². The molecule has 1 aliphatic heterocycles. The summed E-state index contributed by atoms with van der Waals surface area (Å²) >= 11 is 0. The van der Waals surface area contributed by atoms with E-state index in [4.69, 9.17) is 0 Å². The molecular weight excluding hydrogens is 194 g/mol. The van der Waals surface area contributed by atoms with Crippen molar-refractivity contribution in [2.45, 2.75) is 31.8 Å². The Morgan fingerprint density at radius 2 is 2.33 bits per heavy atom. The first-order valence-corrected chi connectivity index (χ1v) is 5.61. The lowest BCUT2D eigenvalue weighted by molar-refractivity contribution is 0.0634. The number of rotatable bonds is 5. The summed E-state index contributed by atoms with van der Waals surface area (Å²) < 4.78 is 0. The third-order valence-electron chi connectivity index (χ3n) is 2.62. The van der Waals surface area contributed by atoms with Gasteiger partial charge in [0.15, 0.2) is 0 Å². The van der Waals surface area contributed by atoms with Crippen molar-refractivity contribution in [2.24, 2.45) is 0 Å². The van der Waals surface area contributed by atoms with Crippen LogP contribution in [0.5, 0.6) is 0 Å². The highest BCUT2D eigenvalue weighted by molar-refractivity contribution is 5.73. The second kappa shape index (κ2) is 5.92. The summed E-state index contributed by atoms with van der Waals surface area (Å²) in [6, 6.07) is -0.191. The first kappa shape index (κ1) is 12.3. The zero-order chi connectivity index (χ0) is 11.1. The van der Waals surface area contributed by atoms with Crippen LogP contribution in [0.4, 0.5) is 4.79 Å². The molecule has 0 radical (unpaired) electrons. The SMILES string of the molecule is CCCCNC(=O)NCC1(O)CCNC1. The van der Waals surface area contributed by atoms with Gasteiger partial charge in [-0.1, -0.05) is 13.3 Å². The number of carbonyl (C=O) groups is 1. The maximum Gasteiger partial charge on any atom is 0.314 e. The highest BCUT2D eigenvalue weighted by Gasteiger charge is 2.31. The van der Waals surface area contributed by atoms with Gasteiger partial charge in [0.1, 0.15) is 0 Å². The fourth-order valence-electron chi connectivity index (χ4n) is 1.57. The number of carbonyl (C=O) groups excluding carboxylic acids is 1. The van der Waals surface area contributed by atoms with E-state index in [1.807, 2.05) is 0 Å². The van der Waals surface area contributed by atoms with Gasteiger partial charge < -0.3 is 21.1 Å². The van der Waals surface area contributed by atoms with E-state index >= 15 is 0 Å². The molecule has 1 rings (SSSR count). The predicted molar refractivity (Wildman–Crippen MR) is 58.7 cm³/mol. The summed E-state index contributed by atoms with van der Waals surface area (Å²) in [5.74, 6) is 0. The molecule has 2 amide bonds. The zero-order valence-electron chi connectivity index (χ0n) is 9.31. The Morgan fingerprint density at radius 3 is 2.93 bits per heavy atom. The smallest absolute Gasteiger partial charge is 0.314 e. The topological polar surface area (TPSA) is 73.4 Å². The van der Waals surface area contributed by atoms with Crippen LogP contribution < -0.4 is 16.0 Å². The normalized spacial score (nSPS) is 25.2. The lowest BCUT2D eigenvalue weighted by Gasteiger charge is -2.21. The van der Waals surface area contributed by atoms with Gasteiger partial charge in [0.2, 0.25) is 0 Å². The molecule has 5 nitrogen and oxygen atoms in total. The average molecular weight is 215 g/mol. The molecule has 0 aromatic carbocycles. The second-order valence-corrected chi connectivity index (χ2v) is 4.11. The molecule has 0 spiro atoms. The average Bonchev–Trinajstić information content (AvgIpc) is 2.64. The summed E-state index contributed by atoms with van der Waals surface area (Å²) in [7, 11) is 0. The highest BCUT2D eigenvalue weighted by Crippen LogP contribution is 2.12. The molecule has 1 unspecified atom stereocenters. The molecule has 0 aromatic rings. The van der Waals surface area contributed by atoms with E-state index in [0.29, 0.717) is 26.1 Å². The quantitative estimate of drug-likeness (QED) is 0.480. The van der Waals surface area contributed by atoms with E-state index in [2.05, 4.69) is 22.9 Å². The minimum absolute atomic E-state index is 0.191. The monoisotopic (exact) mass is 215 g/mol. The maximum absolute atomic E-state index is 11.3. The van der Waals surface area contributed by atoms with Crippen molar-refractivity contribution >= 4 is 6.03 Å². The van der Waals surface area contributed by atoms with Gasteiger partial charge in [-0.15, -0.1) is 0 Å². The van der Waals surface area contributed by atoms with Crippen molar-refractivity contribution in [1.29, 1.82) is 0 Å². The highest BCUT2D eigenvalue weighted by atomic mass is 16.3. The van der Waals surface area contributed by atoms with Gasteiger partial charge in [0.05, 0.1) is 5.60 Å². The van der Waals surface area contributed by atoms with E-state index in [1.54, 1.807) is 0 Å². The lowest BCUT2D eigenvalue weighted by Crippen LogP contribution is -2.47. The molecule has 0 aromatic heterocycles. The number of unbranched alkanes of at least 4 members (excludes halogenated alkanes) is 1. The summed E-state index contributed by atoms with van der Waals surface area (Å²) in [4.78, 5) is 11.3. The Bertz CT molecular complexity index is 203. The first-order chi connectivity index (χ1) is 7.16. The Kier molecular flexibility index (Phi) is 4.84. The Hall–Kier alpha value is -0.810. The molecule has 4 N–H and O–H groups in total. The van der Waals surface area contributed by atoms with Crippen LogP contribution >= 0.6 is 0 Å². The second-order valence-electron chi connectivity index (χ2n) is 4.11. The van der Waals surface area contributed by atoms with Crippen LogP contribution in [0.2, 0.25) is 0 Å². The van der Waals surface area contributed by atoms with Crippen molar-refractivity contribution in [2.75, 3.05) is 26.2 Å². The molecule has 1 aliphatic rings. The van der Waals surface area contributed by atoms with Crippen LogP contribution in [-0.2, 0) is 0 Å². The molecule has 1 heterocycles. The van der Waals surface area contributed by atoms with Crippen molar-refractivity contribution in [3.63, 3.8) is 0 Å². The molecule has 1 saturated heterocycles. The molecule has 0 saturated carbocycles. The zero-order valence-corrected chi connectivity index (χ0v) is 9.31. The standard InChI is InChI=1S/C10H21N3O2/c1-2-3-5-12-9(14)13-8-10(15)4-6-11-7-10/h11,15H,2-8H2,1H3,(H2,12,13,14). The van der Waals surface area contributed by atoms with Crippen molar-refractivity contribution in [1.82, 2.24) is 16.0 Å². The van der Waals surface area contributed by atoms with Gasteiger partial charge in [-0.3, -0.25) is 0 Å². The summed E-state index contributed by atoms with van der Waals surface area (Å²) in [5.41, 5.74) is -0.762. The predicted octanol–water partition coefficient (Wildman–Crippen LogP) is -0.190. The van der Waals surface area contributed by atoms with Gasteiger partial charge >= 0.3 is 6.03 Å². The van der Waals surface area contributed by atoms with Gasteiger partial charge in [-0.05, 0) is 19.4 Å². The molecule has 15 heavy (non-hydrogen) atoms. The van der Waals surface area contributed by atoms with Crippen molar-refractivity contribution in [3.05, 3.63) is 0 Å². The third-order valence-corrected chi connectivity index (χ3v) is 2.62. The number of hydrogen-bond acceptors (Lipinski definition) is 3. The molecule has 1 atom stereocenters. The summed E-state index contributed by atoms with van der Waals surface area (Å²) in [6.45, 7) is 4.46. The number of urea groups is 1. The van der Waals surface area contributed by atoms with E-state index < -0.39 is 5.60 Å². The number of β-amino-alcohol motifs (C(OH)–C–C–N with tert-alkyl or cyclic N) is 1. The van der Waals surface area contributed by atoms with E-state index in [9.17, 15) is 9.90 Å². The Labute approximate surface area is 90.6 Å². The van der Waals surface area contributed by atoms with E-state index in [0.717, 1.165) is 19.4 Å². The number of amides is 2. The molecule has 0 bridgehead atoms. The molecule has 1 fully saturated rings. The van der Waals surface area contributed by atoms with Crippen molar-refractivity contribution in [3.8, 4) is 0 Å². The number of nitrogens with one attached hydrogen (secondary N) is 3. The van der Waals surface area contributed by atoms with Crippen LogP contribution in [0, 0.1) is 0 Å². The van der Waals surface area contributed by atoms with Gasteiger partial charge in [0.25, 0.3) is 0 Å². The minimum Gasteiger partial charge on any atom is -0.387 e. The third kappa shape index (κ3) is 4.48. The molecular formula is C10H21N3O2. The molecule has 0 aliphatic carbocycles. The summed E-state index contributed by atoms with van der Waals surface area (Å²) in [5, 5.41) is 18.4. The number of hydrogen-bond donors (Lipinski definition) is 4. The van der Waals surface area contributed by atoms with Gasteiger partial charge in [-0.2, -0.15) is 0 Å². The van der Waals surface area contributed by atoms with Crippen molar-refractivity contribution < 1.29 is 9.90 Å². The summed E-state index contributed by atoms with van der Waals surface area (Å²) in [6.07, 6.45) is 2.75. The van der Waals surface area contributed by atoms with Crippen LogP contribution in [0.25, 0.3) is 0 Å². The van der Waals surface area contributed by atoms with E-state index in [1.165, 1.54) is 0 Å². The van der Waals surface area contributed by atoms with Crippen LogP contribution in [-0.4, -0.2) is 42.9 Å². The minimum atomic E-state index is -0.762. The molecule has 5 heteroatoms. The fourth-order valence-corrected chi connectivity index (χ4v) is 1.57. The lowest BCUT2D eigenvalue weighted by atomic mass is 10.0. The van der Waals surface area contributed by atoms with Gasteiger partial charge in [-0.25, -0.2) is 4.79 Å². The Morgan fingerprint density at radius 1 is 1.53 bits per heavy atom. The largest absolute Gasteiger partial charge is 0.387 e.